The molecule has 0 amide bonds. The van der Waals surface area contributed by atoms with Gasteiger partial charge in [-0.3, -0.25) is 0 Å². The van der Waals surface area contributed by atoms with Crippen molar-refractivity contribution in [1.29, 1.82) is 0 Å². The molecule has 0 saturated heterocycles. The van der Waals surface area contributed by atoms with E-state index in [0.717, 1.165) is 11.5 Å². The fourth-order valence-corrected chi connectivity index (χ4v) is 6.04. The van der Waals surface area contributed by atoms with E-state index < -0.39 is 0 Å². The minimum absolute atomic E-state index is 0.139. The molecule has 0 fully saturated rings. The maximum absolute atomic E-state index is 4.87. The van der Waals surface area contributed by atoms with E-state index in [1.165, 1.54) is 55.8 Å². The zero-order valence-electron chi connectivity index (χ0n) is 20.7. The molecule has 0 bridgehead atoms. The minimum atomic E-state index is 0.139. The summed E-state index contributed by atoms with van der Waals surface area (Å²) in [5, 5.41) is 0. The normalized spacial score (nSPS) is 15.2. The van der Waals surface area contributed by atoms with Crippen LogP contribution in [0.15, 0.2) is 103 Å². The minimum Gasteiger partial charge on any atom is -0.351 e. The van der Waals surface area contributed by atoms with Gasteiger partial charge in [-0.2, -0.15) is 0 Å². The number of fused-ring (bicyclic) bond motifs is 9. The second-order valence-corrected chi connectivity index (χ2v) is 9.75. The van der Waals surface area contributed by atoms with Gasteiger partial charge in [0.2, 0.25) is 0 Å². The lowest BCUT2D eigenvalue weighted by molar-refractivity contribution is 0.730. The van der Waals surface area contributed by atoms with Crippen molar-refractivity contribution in [2.45, 2.75) is 20.0 Å². The van der Waals surface area contributed by atoms with Gasteiger partial charge >= 0.3 is 0 Å². The molecule has 1 aliphatic carbocycles. The average molecular weight is 466 g/mol. The van der Waals surface area contributed by atoms with Crippen LogP contribution in [0.1, 0.15) is 12.5 Å². The molecular formula is C33H27N3. The van der Waals surface area contributed by atoms with Crippen LogP contribution >= 0.6 is 0 Å². The molecule has 7 rings (SSSR count). The van der Waals surface area contributed by atoms with Crippen LogP contribution in [0.25, 0.3) is 44.5 Å². The molecule has 5 aromatic rings. The van der Waals surface area contributed by atoms with Crippen molar-refractivity contribution in [3.8, 4) is 44.5 Å². The van der Waals surface area contributed by atoms with Crippen molar-refractivity contribution < 1.29 is 0 Å². The summed E-state index contributed by atoms with van der Waals surface area (Å²) in [6, 6.07) is 35.3. The molecule has 2 heterocycles. The molecule has 0 radical (unpaired) electrons. The number of anilines is 3. The van der Waals surface area contributed by atoms with E-state index in [4.69, 9.17) is 4.98 Å². The first-order chi connectivity index (χ1) is 17.6. The molecule has 0 spiro atoms. The van der Waals surface area contributed by atoms with Gasteiger partial charge in [-0.05, 0) is 70.5 Å². The Bertz CT molecular complexity index is 1650. The standard InChI is InChI=1S/C33H27N3/c1-21-18-19-29-27-15-7-6-13-25(27)23-11-4-5-12-24(23)26-14-8-9-16-28(26)31(29)32(21)36-22(2)35(3)30-17-10-20-34-33(30)36/h4-20,22H,1-3H3/t22-/m0/s1. The van der Waals surface area contributed by atoms with E-state index in [-0.39, 0.29) is 6.17 Å². The highest BCUT2D eigenvalue weighted by molar-refractivity contribution is 6.07. The summed E-state index contributed by atoms with van der Waals surface area (Å²) in [5.74, 6) is 1.01. The molecule has 0 N–H and O–H groups in total. The van der Waals surface area contributed by atoms with Crippen molar-refractivity contribution in [1.82, 2.24) is 4.98 Å². The highest BCUT2D eigenvalue weighted by Gasteiger charge is 2.36. The van der Waals surface area contributed by atoms with E-state index in [1.54, 1.807) is 0 Å². The molecule has 2 aliphatic rings. The molecule has 1 aliphatic heterocycles. The lowest BCUT2D eigenvalue weighted by Crippen LogP contribution is -2.36. The molecule has 4 aromatic carbocycles. The second kappa shape index (κ2) is 7.82. The second-order valence-electron chi connectivity index (χ2n) is 9.75. The van der Waals surface area contributed by atoms with Gasteiger partial charge in [0.1, 0.15) is 6.17 Å². The predicted molar refractivity (Wildman–Crippen MR) is 151 cm³/mol. The lowest BCUT2D eigenvalue weighted by atomic mass is 9.79. The van der Waals surface area contributed by atoms with E-state index >= 15 is 0 Å². The first-order valence-electron chi connectivity index (χ1n) is 12.5. The highest BCUT2D eigenvalue weighted by Crippen LogP contribution is 2.54. The summed E-state index contributed by atoms with van der Waals surface area (Å²) in [6.45, 7) is 4.49. The summed E-state index contributed by atoms with van der Waals surface area (Å²) < 4.78 is 0. The summed E-state index contributed by atoms with van der Waals surface area (Å²) >= 11 is 0. The molecule has 36 heavy (non-hydrogen) atoms. The zero-order valence-corrected chi connectivity index (χ0v) is 20.7. The van der Waals surface area contributed by atoms with Crippen molar-refractivity contribution in [3.63, 3.8) is 0 Å². The third-order valence-corrected chi connectivity index (χ3v) is 7.85. The smallest absolute Gasteiger partial charge is 0.158 e. The lowest BCUT2D eigenvalue weighted by Gasteiger charge is -2.33. The van der Waals surface area contributed by atoms with Gasteiger partial charge in [-0.1, -0.05) is 84.9 Å². The molecule has 1 aromatic heterocycles. The number of rotatable bonds is 1. The zero-order chi connectivity index (χ0) is 24.4. The SMILES string of the molecule is Cc1ccc2c(c1N1c3ncccc3N(C)[C@@H]1C)-c1ccccc1-c1ccccc1-c1ccccc1-2. The molecule has 174 valence electrons. The van der Waals surface area contributed by atoms with Gasteiger partial charge in [0.05, 0.1) is 11.4 Å². The highest BCUT2D eigenvalue weighted by atomic mass is 15.4. The Kier molecular flexibility index (Phi) is 4.55. The van der Waals surface area contributed by atoms with Gasteiger partial charge in [-0.25, -0.2) is 4.98 Å². The van der Waals surface area contributed by atoms with Crippen LogP contribution in [0.2, 0.25) is 0 Å². The van der Waals surface area contributed by atoms with Crippen LogP contribution in [0.5, 0.6) is 0 Å². The Hall–Kier alpha value is -4.37. The number of aromatic nitrogens is 1. The van der Waals surface area contributed by atoms with Crippen LogP contribution in [0.3, 0.4) is 0 Å². The monoisotopic (exact) mass is 465 g/mol. The summed E-state index contributed by atoms with van der Waals surface area (Å²) in [7, 11) is 2.16. The van der Waals surface area contributed by atoms with Crippen LogP contribution in [-0.2, 0) is 0 Å². The van der Waals surface area contributed by atoms with Crippen molar-refractivity contribution >= 4 is 17.2 Å². The van der Waals surface area contributed by atoms with Crippen molar-refractivity contribution in [3.05, 3.63) is 109 Å². The quantitative estimate of drug-likeness (QED) is 0.243. The van der Waals surface area contributed by atoms with Crippen LogP contribution in [0.4, 0.5) is 17.2 Å². The van der Waals surface area contributed by atoms with Gasteiger partial charge in [0, 0.05) is 18.8 Å². The van der Waals surface area contributed by atoms with Gasteiger partial charge in [0.25, 0.3) is 0 Å². The predicted octanol–water partition coefficient (Wildman–Crippen LogP) is 8.31. The topological polar surface area (TPSA) is 19.4 Å². The van der Waals surface area contributed by atoms with Crippen molar-refractivity contribution in [2.24, 2.45) is 0 Å². The first-order valence-corrected chi connectivity index (χ1v) is 12.5. The third kappa shape index (κ3) is 2.83. The number of hydrogen-bond acceptors (Lipinski definition) is 3. The van der Waals surface area contributed by atoms with Crippen molar-refractivity contribution in [2.75, 3.05) is 16.8 Å². The molecule has 3 nitrogen and oxygen atoms in total. The molecule has 0 unspecified atom stereocenters. The van der Waals surface area contributed by atoms with E-state index in [1.807, 2.05) is 12.3 Å². The fraction of sp³-hybridized carbons (Fsp3) is 0.121. The molecule has 0 saturated carbocycles. The maximum atomic E-state index is 4.87. The number of nitrogens with zero attached hydrogens (tertiary/aromatic N) is 3. The van der Waals surface area contributed by atoms with Gasteiger partial charge in [0.15, 0.2) is 5.82 Å². The molecule has 3 heteroatoms. The fourth-order valence-electron chi connectivity index (χ4n) is 6.04. The Morgan fingerprint density at radius 3 is 1.75 bits per heavy atom. The van der Waals surface area contributed by atoms with E-state index in [9.17, 15) is 0 Å². The van der Waals surface area contributed by atoms with Gasteiger partial charge < -0.3 is 9.80 Å². The van der Waals surface area contributed by atoms with Crippen LogP contribution in [-0.4, -0.2) is 18.2 Å². The number of hydrogen-bond donors (Lipinski definition) is 0. The summed E-state index contributed by atoms with van der Waals surface area (Å²) in [4.78, 5) is 9.62. The van der Waals surface area contributed by atoms with Gasteiger partial charge in [-0.15, -0.1) is 0 Å². The third-order valence-electron chi connectivity index (χ3n) is 7.85. The Labute approximate surface area is 212 Å². The Morgan fingerprint density at radius 2 is 1.14 bits per heavy atom. The summed E-state index contributed by atoms with van der Waals surface area (Å²) in [6.07, 6.45) is 2.04. The van der Waals surface area contributed by atoms with E-state index in [0.29, 0.717) is 0 Å². The Morgan fingerprint density at radius 1 is 0.611 bits per heavy atom. The molecular weight excluding hydrogens is 438 g/mol. The van der Waals surface area contributed by atoms with Crippen LogP contribution in [0, 0.1) is 6.92 Å². The largest absolute Gasteiger partial charge is 0.351 e. The Balaban J connectivity index is 1.64. The number of benzene rings is 4. The first kappa shape index (κ1) is 21.0. The molecule has 1 atom stereocenters. The van der Waals surface area contributed by atoms with E-state index in [2.05, 4.69) is 122 Å². The average Bonchev–Trinajstić information content (AvgIpc) is 3.17. The number of aryl methyl sites for hydroxylation is 1. The summed E-state index contributed by atoms with van der Waals surface area (Å²) in [5.41, 5.74) is 13.7. The maximum Gasteiger partial charge on any atom is 0.158 e. The number of pyridine rings is 1. The van der Waals surface area contributed by atoms with Crippen LogP contribution < -0.4 is 9.80 Å².